The van der Waals surface area contributed by atoms with Crippen molar-refractivity contribution in [3.63, 3.8) is 0 Å². The van der Waals surface area contributed by atoms with Gasteiger partial charge in [0, 0.05) is 16.6 Å². The molecule has 0 saturated heterocycles. The van der Waals surface area contributed by atoms with E-state index >= 15 is 0 Å². The largest absolute Gasteiger partial charge is 0.493 e. The normalized spacial score (nSPS) is 10.3. The maximum absolute atomic E-state index is 12.3. The molecule has 0 fully saturated rings. The fraction of sp³-hybridized carbons (Fsp3) is 0.217. The second kappa shape index (κ2) is 10.6. The van der Waals surface area contributed by atoms with Crippen LogP contribution >= 0.6 is 11.3 Å². The fourth-order valence-corrected chi connectivity index (χ4v) is 3.60. The smallest absolute Gasteiger partial charge is 0.358 e. The lowest BCUT2D eigenvalue weighted by molar-refractivity contribution is -0.123. The van der Waals surface area contributed by atoms with Crippen molar-refractivity contribution in [2.75, 3.05) is 26.1 Å². The lowest BCUT2D eigenvalue weighted by Crippen LogP contribution is -2.37. The molecule has 3 aromatic rings. The number of anilines is 1. The molecule has 33 heavy (non-hydrogen) atoms. The van der Waals surface area contributed by atoms with Crippen LogP contribution in [0.3, 0.4) is 0 Å². The molecule has 0 atom stereocenters. The Labute approximate surface area is 194 Å². The second-order valence-electron chi connectivity index (χ2n) is 6.99. The van der Waals surface area contributed by atoms with Crippen LogP contribution in [-0.4, -0.2) is 43.7 Å². The van der Waals surface area contributed by atoms with Crippen LogP contribution in [-0.2, 0) is 9.53 Å². The average molecular weight is 470 g/mol. The van der Waals surface area contributed by atoms with E-state index in [9.17, 15) is 14.4 Å². The number of aromatic nitrogens is 1. The number of amides is 3. The summed E-state index contributed by atoms with van der Waals surface area (Å²) in [5.41, 5.74) is 3.42. The number of thiazole rings is 1. The van der Waals surface area contributed by atoms with Gasteiger partial charge in [0.2, 0.25) is 0 Å². The summed E-state index contributed by atoms with van der Waals surface area (Å²) in [6.45, 7) is 3.25. The monoisotopic (exact) mass is 469 g/mol. The first-order valence-corrected chi connectivity index (χ1v) is 10.7. The Balaban J connectivity index is 1.53. The highest BCUT2D eigenvalue weighted by Crippen LogP contribution is 2.33. The third-order valence-electron chi connectivity index (χ3n) is 4.70. The van der Waals surface area contributed by atoms with Crippen molar-refractivity contribution in [3.05, 3.63) is 58.6 Å². The summed E-state index contributed by atoms with van der Waals surface area (Å²) in [6, 6.07) is 9.93. The Morgan fingerprint density at radius 2 is 1.73 bits per heavy atom. The first-order chi connectivity index (χ1) is 15.8. The Morgan fingerprint density at radius 1 is 0.970 bits per heavy atom. The van der Waals surface area contributed by atoms with Gasteiger partial charge in [-0.2, -0.15) is 0 Å². The third-order valence-corrected chi connectivity index (χ3v) is 5.59. The van der Waals surface area contributed by atoms with Gasteiger partial charge in [0.1, 0.15) is 5.01 Å². The minimum atomic E-state index is -0.775. The van der Waals surface area contributed by atoms with Crippen LogP contribution in [0.25, 0.3) is 10.6 Å². The van der Waals surface area contributed by atoms with Gasteiger partial charge in [-0.3, -0.25) is 10.1 Å². The van der Waals surface area contributed by atoms with E-state index < -0.39 is 24.5 Å². The zero-order valence-electron chi connectivity index (χ0n) is 18.6. The molecule has 0 aliphatic carbocycles. The highest BCUT2D eigenvalue weighted by atomic mass is 32.1. The molecule has 0 radical (unpaired) electrons. The molecule has 3 amide bonds. The molecule has 9 nitrogen and oxygen atoms in total. The van der Waals surface area contributed by atoms with Crippen LogP contribution in [0.4, 0.5) is 10.5 Å². The van der Waals surface area contributed by atoms with Crippen molar-refractivity contribution in [1.29, 1.82) is 0 Å². The number of imide groups is 1. The van der Waals surface area contributed by atoms with Crippen molar-refractivity contribution in [1.82, 2.24) is 10.3 Å². The Bertz CT molecular complexity index is 1190. The molecule has 2 aromatic carbocycles. The predicted octanol–water partition coefficient (Wildman–Crippen LogP) is 3.95. The zero-order valence-corrected chi connectivity index (χ0v) is 19.4. The van der Waals surface area contributed by atoms with Gasteiger partial charge < -0.3 is 19.5 Å². The van der Waals surface area contributed by atoms with Crippen molar-refractivity contribution in [3.8, 4) is 22.1 Å². The average Bonchev–Trinajstić information content (AvgIpc) is 3.29. The molecule has 0 bridgehead atoms. The molecule has 0 aliphatic rings. The topological polar surface area (TPSA) is 116 Å². The van der Waals surface area contributed by atoms with Gasteiger partial charge >= 0.3 is 12.0 Å². The van der Waals surface area contributed by atoms with Crippen LogP contribution in [0.5, 0.6) is 11.5 Å². The molecule has 10 heteroatoms. The van der Waals surface area contributed by atoms with Gasteiger partial charge in [-0.1, -0.05) is 6.07 Å². The van der Waals surface area contributed by atoms with Crippen molar-refractivity contribution < 1.29 is 28.6 Å². The van der Waals surface area contributed by atoms with E-state index in [2.05, 4.69) is 15.6 Å². The Hall–Kier alpha value is -3.92. The fourth-order valence-electron chi connectivity index (χ4n) is 2.82. The number of aryl methyl sites for hydroxylation is 2. The van der Waals surface area contributed by atoms with Crippen LogP contribution in [0.2, 0.25) is 0 Å². The van der Waals surface area contributed by atoms with E-state index in [0.29, 0.717) is 22.2 Å². The first kappa shape index (κ1) is 23.7. The number of hydrogen-bond donors (Lipinski definition) is 2. The quantitative estimate of drug-likeness (QED) is 0.503. The number of benzene rings is 2. The summed E-state index contributed by atoms with van der Waals surface area (Å²) in [7, 11) is 3.07. The van der Waals surface area contributed by atoms with Crippen molar-refractivity contribution in [2.45, 2.75) is 13.8 Å². The van der Waals surface area contributed by atoms with Crippen LogP contribution in [0, 0.1) is 13.8 Å². The molecule has 1 heterocycles. The number of nitrogens with zero attached hydrogens (tertiary/aromatic N) is 1. The number of hydrogen-bond acceptors (Lipinski definition) is 8. The second-order valence-corrected chi connectivity index (χ2v) is 7.84. The highest BCUT2D eigenvalue weighted by molar-refractivity contribution is 7.13. The highest BCUT2D eigenvalue weighted by Gasteiger charge is 2.17. The number of ether oxygens (including phenoxy) is 3. The summed E-state index contributed by atoms with van der Waals surface area (Å²) in [4.78, 5) is 40.5. The first-order valence-electron chi connectivity index (χ1n) is 9.84. The third kappa shape index (κ3) is 6.07. The number of nitrogens with one attached hydrogen (secondary N) is 2. The van der Waals surface area contributed by atoms with E-state index in [1.807, 2.05) is 19.9 Å². The standard InChI is InChI=1S/C23H23N3O6S/c1-13-5-7-16(9-14(13)2)24-23(29)26-20(27)11-32-22(28)17-12-33-21(25-17)15-6-8-18(30-3)19(10-15)31-4/h5-10,12H,11H2,1-4H3,(H2,24,26,27,29). The van der Waals surface area contributed by atoms with Crippen LogP contribution in [0.15, 0.2) is 41.8 Å². The van der Waals surface area contributed by atoms with E-state index in [-0.39, 0.29) is 5.69 Å². The molecule has 0 aliphatic heterocycles. The minimum absolute atomic E-state index is 0.0529. The van der Waals surface area contributed by atoms with E-state index in [0.717, 1.165) is 16.7 Å². The molecule has 0 saturated carbocycles. The summed E-state index contributed by atoms with van der Waals surface area (Å²) in [5, 5.41) is 6.77. The molecule has 3 rings (SSSR count). The van der Waals surface area contributed by atoms with Crippen molar-refractivity contribution >= 4 is 34.9 Å². The Morgan fingerprint density at radius 3 is 2.42 bits per heavy atom. The summed E-state index contributed by atoms with van der Waals surface area (Å²) in [6.07, 6.45) is 0. The summed E-state index contributed by atoms with van der Waals surface area (Å²) < 4.78 is 15.5. The van der Waals surface area contributed by atoms with Gasteiger partial charge in [-0.15, -0.1) is 11.3 Å². The van der Waals surface area contributed by atoms with Gasteiger partial charge in [0.15, 0.2) is 23.8 Å². The maximum Gasteiger partial charge on any atom is 0.358 e. The van der Waals surface area contributed by atoms with Gasteiger partial charge in [-0.05, 0) is 55.3 Å². The van der Waals surface area contributed by atoms with Crippen LogP contribution < -0.4 is 20.1 Å². The molecular formula is C23H23N3O6S. The SMILES string of the molecule is COc1ccc(-c2nc(C(=O)OCC(=O)NC(=O)Nc3ccc(C)c(C)c3)cs2)cc1OC. The minimum Gasteiger partial charge on any atom is -0.493 e. The maximum atomic E-state index is 12.3. The van der Waals surface area contributed by atoms with E-state index in [1.54, 1.807) is 30.3 Å². The molecule has 1 aromatic heterocycles. The molecular weight excluding hydrogens is 446 g/mol. The molecule has 0 spiro atoms. The van der Waals surface area contributed by atoms with Crippen molar-refractivity contribution in [2.24, 2.45) is 0 Å². The summed E-state index contributed by atoms with van der Waals surface area (Å²) in [5.74, 6) is -0.433. The van der Waals surface area contributed by atoms with E-state index in [4.69, 9.17) is 14.2 Å². The van der Waals surface area contributed by atoms with Crippen LogP contribution in [0.1, 0.15) is 21.6 Å². The number of carbonyl (C=O) groups is 3. The predicted molar refractivity (Wildman–Crippen MR) is 124 cm³/mol. The van der Waals surface area contributed by atoms with Gasteiger partial charge in [0.25, 0.3) is 5.91 Å². The Kier molecular flexibility index (Phi) is 7.62. The summed E-state index contributed by atoms with van der Waals surface area (Å²) >= 11 is 1.24. The lowest BCUT2D eigenvalue weighted by Gasteiger charge is -2.09. The number of carbonyl (C=O) groups excluding carboxylic acids is 3. The zero-order chi connectivity index (χ0) is 24.0. The number of methoxy groups -OCH3 is 2. The number of rotatable bonds is 7. The molecule has 2 N–H and O–H groups in total. The van der Waals surface area contributed by atoms with Gasteiger partial charge in [0.05, 0.1) is 14.2 Å². The van der Waals surface area contributed by atoms with Gasteiger partial charge in [-0.25, -0.2) is 14.6 Å². The molecule has 0 unspecified atom stereocenters. The number of urea groups is 1. The number of esters is 1. The molecule has 172 valence electrons. The van der Waals surface area contributed by atoms with E-state index in [1.165, 1.54) is 30.9 Å². The lowest BCUT2D eigenvalue weighted by atomic mass is 10.1.